The van der Waals surface area contributed by atoms with Crippen molar-refractivity contribution in [1.29, 1.82) is 0 Å². The van der Waals surface area contributed by atoms with Crippen LogP contribution in [0.25, 0.3) is 0 Å². The number of aliphatic hydroxyl groups is 1. The molecule has 0 radical (unpaired) electrons. The van der Waals surface area contributed by atoms with Gasteiger partial charge in [0.05, 0.1) is 5.60 Å². The van der Waals surface area contributed by atoms with Crippen molar-refractivity contribution in [2.45, 2.75) is 39.3 Å². The Labute approximate surface area is 104 Å². The van der Waals surface area contributed by atoms with E-state index in [1.165, 1.54) is 11.1 Å². The Kier molecular flexibility index (Phi) is 3.55. The molecule has 0 saturated carbocycles. The molecule has 2 nitrogen and oxygen atoms in total. The van der Waals surface area contributed by atoms with Gasteiger partial charge in [-0.3, -0.25) is 4.90 Å². The lowest BCUT2D eigenvalue weighted by Crippen LogP contribution is -2.63. The molecular formula is C15H23NO. The Bertz CT molecular complexity index is 363. The van der Waals surface area contributed by atoms with Crippen LogP contribution in [0.5, 0.6) is 0 Å². The third-order valence-corrected chi connectivity index (χ3v) is 3.91. The fourth-order valence-corrected chi connectivity index (χ4v) is 2.34. The van der Waals surface area contributed by atoms with E-state index >= 15 is 0 Å². The van der Waals surface area contributed by atoms with E-state index in [1.54, 1.807) is 0 Å². The average Bonchev–Trinajstić information content (AvgIpc) is 2.27. The Morgan fingerprint density at radius 2 is 1.71 bits per heavy atom. The van der Waals surface area contributed by atoms with Crippen LogP contribution in [0.3, 0.4) is 0 Å². The molecule has 94 valence electrons. The molecule has 1 aliphatic rings. The number of nitrogens with zero attached hydrogens (tertiary/aromatic N) is 1. The molecule has 0 bridgehead atoms. The van der Waals surface area contributed by atoms with E-state index in [0.29, 0.717) is 5.92 Å². The molecule has 0 unspecified atom stereocenters. The maximum absolute atomic E-state index is 10.2. The summed E-state index contributed by atoms with van der Waals surface area (Å²) < 4.78 is 0. The van der Waals surface area contributed by atoms with Crippen molar-refractivity contribution in [3.8, 4) is 0 Å². The van der Waals surface area contributed by atoms with Gasteiger partial charge in [-0.1, -0.05) is 45.0 Å². The van der Waals surface area contributed by atoms with Gasteiger partial charge in [0, 0.05) is 19.6 Å². The second-order valence-corrected chi connectivity index (χ2v) is 5.57. The molecule has 1 saturated heterocycles. The van der Waals surface area contributed by atoms with Gasteiger partial charge in [-0.2, -0.15) is 0 Å². The van der Waals surface area contributed by atoms with Gasteiger partial charge in [0.2, 0.25) is 0 Å². The van der Waals surface area contributed by atoms with Crippen molar-refractivity contribution >= 4 is 0 Å². The van der Waals surface area contributed by atoms with Crippen LogP contribution in [0, 0.1) is 5.92 Å². The summed E-state index contributed by atoms with van der Waals surface area (Å²) in [6, 6.07) is 8.80. The van der Waals surface area contributed by atoms with Crippen molar-refractivity contribution < 1.29 is 5.11 Å². The molecule has 1 fully saturated rings. The van der Waals surface area contributed by atoms with Gasteiger partial charge < -0.3 is 5.11 Å². The number of aryl methyl sites for hydroxylation is 1. The molecule has 1 heterocycles. The van der Waals surface area contributed by atoms with E-state index in [2.05, 4.69) is 49.9 Å². The zero-order chi connectivity index (χ0) is 12.5. The van der Waals surface area contributed by atoms with Crippen LogP contribution in [-0.2, 0) is 13.0 Å². The summed E-state index contributed by atoms with van der Waals surface area (Å²) in [6.07, 6.45) is 1.09. The zero-order valence-corrected chi connectivity index (χ0v) is 11.1. The van der Waals surface area contributed by atoms with E-state index < -0.39 is 5.60 Å². The van der Waals surface area contributed by atoms with Crippen molar-refractivity contribution in [3.63, 3.8) is 0 Å². The number of benzene rings is 1. The van der Waals surface area contributed by atoms with E-state index in [-0.39, 0.29) is 0 Å². The predicted octanol–water partition coefficient (Wildman–Crippen LogP) is 2.45. The molecule has 0 spiro atoms. The van der Waals surface area contributed by atoms with Crippen LogP contribution in [0.1, 0.15) is 31.9 Å². The van der Waals surface area contributed by atoms with Crippen LogP contribution < -0.4 is 0 Å². The average molecular weight is 233 g/mol. The summed E-state index contributed by atoms with van der Waals surface area (Å²) in [4.78, 5) is 2.31. The quantitative estimate of drug-likeness (QED) is 0.863. The van der Waals surface area contributed by atoms with Crippen molar-refractivity contribution in [2.24, 2.45) is 5.92 Å². The standard InChI is InChI=1S/C15H23NO/c1-4-13-5-7-14(8-6-13)9-16-10-15(17,11-16)12(2)3/h5-8,12,17H,4,9-11H2,1-3H3. The number of rotatable bonds is 4. The summed E-state index contributed by atoms with van der Waals surface area (Å²) >= 11 is 0. The van der Waals surface area contributed by atoms with Crippen LogP contribution in [0.4, 0.5) is 0 Å². The molecule has 0 aliphatic carbocycles. The molecule has 1 aliphatic heterocycles. The van der Waals surface area contributed by atoms with Gasteiger partial charge in [0.1, 0.15) is 0 Å². The maximum atomic E-state index is 10.2. The minimum atomic E-state index is -0.455. The smallest absolute Gasteiger partial charge is 0.0923 e. The Morgan fingerprint density at radius 1 is 1.18 bits per heavy atom. The highest BCUT2D eigenvalue weighted by Crippen LogP contribution is 2.29. The van der Waals surface area contributed by atoms with E-state index in [4.69, 9.17) is 0 Å². The highest BCUT2D eigenvalue weighted by Gasteiger charge is 2.43. The molecule has 2 heteroatoms. The van der Waals surface area contributed by atoms with Gasteiger partial charge in [0.25, 0.3) is 0 Å². The first-order valence-electron chi connectivity index (χ1n) is 6.56. The van der Waals surface area contributed by atoms with Crippen LogP contribution in [0.15, 0.2) is 24.3 Å². The summed E-state index contributed by atoms with van der Waals surface area (Å²) in [5, 5.41) is 10.2. The lowest BCUT2D eigenvalue weighted by atomic mass is 9.83. The molecule has 2 rings (SSSR count). The highest BCUT2D eigenvalue weighted by atomic mass is 16.3. The first-order chi connectivity index (χ1) is 8.03. The minimum Gasteiger partial charge on any atom is -0.387 e. The van der Waals surface area contributed by atoms with Crippen LogP contribution in [0.2, 0.25) is 0 Å². The number of hydrogen-bond donors (Lipinski definition) is 1. The second-order valence-electron chi connectivity index (χ2n) is 5.57. The van der Waals surface area contributed by atoms with Gasteiger partial charge in [-0.25, -0.2) is 0 Å². The highest BCUT2D eigenvalue weighted by molar-refractivity contribution is 5.22. The summed E-state index contributed by atoms with van der Waals surface area (Å²) in [6.45, 7) is 8.92. The zero-order valence-electron chi connectivity index (χ0n) is 11.1. The number of β-amino-alcohol motifs (C(OH)–C–C–N with tert-alkyl or cyclic N) is 1. The van der Waals surface area contributed by atoms with Gasteiger partial charge in [-0.05, 0) is 23.5 Å². The first kappa shape index (κ1) is 12.6. The predicted molar refractivity (Wildman–Crippen MR) is 70.9 cm³/mol. The summed E-state index contributed by atoms with van der Waals surface area (Å²) in [5.41, 5.74) is 2.27. The molecule has 17 heavy (non-hydrogen) atoms. The van der Waals surface area contributed by atoms with E-state index in [9.17, 15) is 5.11 Å². The third kappa shape index (κ3) is 2.70. The van der Waals surface area contributed by atoms with E-state index in [0.717, 1.165) is 26.1 Å². The van der Waals surface area contributed by atoms with Gasteiger partial charge in [-0.15, -0.1) is 0 Å². The summed E-state index contributed by atoms with van der Waals surface area (Å²) in [7, 11) is 0. The van der Waals surface area contributed by atoms with Crippen molar-refractivity contribution in [2.75, 3.05) is 13.1 Å². The molecular weight excluding hydrogens is 210 g/mol. The lowest BCUT2D eigenvalue weighted by molar-refractivity contribution is -0.130. The largest absolute Gasteiger partial charge is 0.387 e. The SMILES string of the molecule is CCc1ccc(CN2CC(O)(C(C)C)C2)cc1. The first-order valence-corrected chi connectivity index (χ1v) is 6.56. The normalized spacial score (nSPS) is 19.4. The lowest BCUT2D eigenvalue weighted by Gasteiger charge is -2.49. The molecule has 1 aromatic carbocycles. The molecule has 1 aromatic rings. The van der Waals surface area contributed by atoms with Crippen LogP contribution in [-0.4, -0.2) is 28.7 Å². The fraction of sp³-hybridized carbons (Fsp3) is 0.600. The number of likely N-dealkylation sites (tertiary alicyclic amines) is 1. The monoisotopic (exact) mass is 233 g/mol. The molecule has 0 aromatic heterocycles. The fourth-order valence-electron chi connectivity index (χ4n) is 2.34. The van der Waals surface area contributed by atoms with E-state index in [1.807, 2.05) is 0 Å². The molecule has 0 amide bonds. The molecule has 1 N–H and O–H groups in total. The van der Waals surface area contributed by atoms with Gasteiger partial charge in [0.15, 0.2) is 0 Å². The Morgan fingerprint density at radius 3 is 2.18 bits per heavy atom. The van der Waals surface area contributed by atoms with Gasteiger partial charge >= 0.3 is 0 Å². The van der Waals surface area contributed by atoms with Crippen LogP contribution >= 0.6 is 0 Å². The Hall–Kier alpha value is -0.860. The van der Waals surface area contributed by atoms with Crippen molar-refractivity contribution in [1.82, 2.24) is 4.90 Å². The summed E-state index contributed by atoms with van der Waals surface area (Å²) in [5.74, 6) is 0.348. The third-order valence-electron chi connectivity index (χ3n) is 3.91. The molecule has 0 atom stereocenters. The van der Waals surface area contributed by atoms with Crippen molar-refractivity contribution in [3.05, 3.63) is 35.4 Å². The Balaban J connectivity index is 1.87. The second kappa shape index (κ2) is 4.79. The number of hydrogen-bond acceptors (Lipinski definition) is 2. The maximum Gasteiger partial charge on any atom is 0.0923 e. The minimum absolute atomic E-state index is 0.348. The topological polar surface area (TPSA) is 23.5 Å².